The van der Waals surface area contributed by atoms with E-state index in [1.807, 2.05) is 13.8 Å². The highest BCUT2D eigenvalue weighted by molar-refractivity contribution is 5.16. The van der Waals surface area contributed by atoms with Crippen LogP contribution in [0, 0.1) is 11.7 Å². The van der Waals surface area contributed by atoms with Gasteiger partial charge in [0.2, 0.25) is 0 Å². The van der Waals surface area contributed by atoms with Crippen molar-refractivity contribution in [2.45, 2.75) is 26.6 Å². The number of aliphatic hydroxyl groups excluding tert-OH is 1. The molecule has 0 amide bonds. The zero-order valence-corrected chi connectivity index (χ0v) is 9.11. The topological polar surface area (TPSA) is 29.5 Å². The van der Waals surface area contributed by atoms with Crippen LogP contribution in [0.4, 0.5) is 4.39 Å². The van der Waals surface area contributed by atoms with Crippen molar-refractivity contribution in [2.75, 3.05) is 6.61 Å². The highest BCUT2D eigenvalue weighted by Gasteiger charge is 2.09. The van der Waals surface area contributed by atoms with Crippen LogP contribution < -0.4 is 0 Å². The first-order chi connectivity index (χ1) is 7.11. The van der Waals surface area contributed by atoms with Gasteiger partial charge in [0.05, 0.1) is 19.3 Å². The molecule has 1 N–H and O–H groups in total. The third kappa shape index (κ3) is 3.98. The van der Waals surface area contributed by atoms with Crippen LogP contribution in [0.15, 0.2) is 24.3 Å². The van der Waals surface area contributed by atoms with Crippen LogP contribution in [0.2, 0.25) is 0 Å². The number of hydrogen-bond donors (Lipinski definition) is 1. The van der Waals surface area contributed by atoms with Gasteiger partial charge in [-0.2, -0.15) is 0 Å². The summed E-state index contributed by atoms with van der Waals surface area (Å²) in [7, 11) is 0. The number of halogens is 1. The monoisotopic (exact) mass is 212 g/mol. The van der Waals surface area contributed by atoms with Crippen LogP contribution >= 0.6 is 0 Å². The normalized spacial score (nSPS) is 13.1. The van der Waals surface area contributed by atoms with Crippen LogP contribution in [0.5, 0.6) is 0 Å². The maximum Gasteiger partial charge on any atom is 0.128 e. The number of ether oxygens (including phenoxy) is 1. The largest absolute Gasteiger partial charge is 0.390 e. The fourth-order valence-corrected chi connectivity index (χ4v) is 1.10. The van der Waals surface area contributed by atoms with E-state index in [-0.39, 0.29) is 24.9 Å². The molecule has 0 aromatic heterocycles. The molecule has 1 unspecified atom stereocenters. The Morgan fingerprint density at radius 2 is 2.00 bits per heavy atom. The van der Waals surface area contributed by atoms with Crippen molar-refractivity contribution in [3.05, 3.63) is 35.6 Å². The number of hydrogen-bond acceptors (Lipinski definition) is 2. The maximum atomic E-state index is 13.1. The predicted octanol–water partition coefficient (Wildman–Crippen LogP) is 2.36. The lowest BCUT2D eigenvalue weighted by molar-refractivity contribution is 0.00530. The van der Waals surface area contributed by atoms with Gasteiger partial charge < -0.3 is 9.84 Å². The molecule has 0 saturated carbocycles. The summed E-state index contributed by atoms with van der Waals surface area (Å²) < 4.78 is 18.4. The van der Waals surface area contributed by atoms with Gasteiger partial charge in [-0.05, 0) is 12.0 Å². The fraction of sp³-hybridized carbons (Fsp3) is 0.500. The summed E-state index contributed by atoms with van der Waals surface area (Å²) in [4.78, 5) is 0. The van der Waals surface area contributed by atoms with Crippen LogP contribution in [-0.2, 0) is 11.3 Å². The van der Waals surface area contributed by atoms with Crippen LogP contribution in [0.1, 0.15) is 19.4 Å². The standard InChI is InChI=1S/C12H17FO2/c1-9(2)12(14)8-15-7-10-5-3-4-6-11(10)13/h3-6,9,12,14H,7-8H2,1-2H3. The molecule has 0 heterocycles. The van der Waals surface area contributed by atoms with Gasteiger partial charge in [-0.1, -0.05) is 32.0 Å². The second-order valence-electron chi connectivity index (χ2n) is 3.92. The van der Waals surface area contributed by atoms with Crippen LogP contribution in [-0.4, -0.2) is 17.8 Å². The van der Waals surface area contributed by atoms with Crippen LogP contribution in [0.3, 0.4) is 0 Å². The zero-order chi connectivity index (χ0) is 11.3. The van der Waals surface area contributed by atoms with Crippen molar-refractivity contribution in [2.24, 2.45) is 5.92 Å². The molecule has 1 atom stereocenters. The first kappa shape index (κ1) is 12.1. The minimum Gasteiger partial charge on any atom is -0.390 e. The molecule has 0 radical (unpaired) electrons. The van der Waals surface area contributed by atoms with E-state index in [1.165, 1.54) is 6.07 Å². The molecule has 3 heteroatoms. The molecule has 2 nitrogen and oxygen atoms in total. The van der Waals surface area contributed by atoms with Crippen LogP contribution in [0.25, 0.3) is 0 Å². The van der Waals surface area contributed by atoms with Crippen molar-refractivity contribution in [3.63, 3.8) is 0 Å². The first-order valence-electron chi connectivity index (χ1n) is 5.10. The van der Waals surface area contributed by atoms with Crippen molar-refractivity contribution < 1.29 is 14.2 Å². The molecule has 15 heavy (non-hydrogen) atoms. The molecule has 0 fully saturated rings. The van der Waals surface area contributed by atoms with E-state index in [0.717, 1.165) is 0 Å². The average Bonchev–Trinajstić information content (AvgIpc) is 2.20. The summed E-state index contributed by atoms with van der Waals surface area (Å²) >= 11 is 0. The molecule has 1 aromatic rings. The Morgan fingerprint density at radius 3 is 2.60 bits per heavy atom. The second-order valence-corrected chi connectivity index (χ2v) is 3.92. The van der Waals surface area contributed by atoms with Gasteiger partial charge in [0.15, 0.2) is 0 Å². The molecule has 1 rings (SSSR count). The SMILES string of the molecule is CC(C)C(O)COCc1ccccc1F. The van der Waals surface area contributed by atoms with E-state index in [0.29, 0.717) is 5.56 Å². The predicted molar refractivity (Wildman–Crippen MR) is 56.9 cm³/mol. The third-order valence-electron chi connectivity index (χ3n) is 2.27. The summed E-state index contributed by atoms with van der Waals surface area (Å²) in [5, 5.41) is 9.46. The molecule has 0 bridgehead atoms. The van der Waals surface area contributed by atoms with Crippen molar-refractivity contribution >= 4 is 0 Å². The van der Waals surface area contributed by atoms with Gasteiger partial charge in [-0.25, -0.2) is 4.39 Å². The molecular weight excluding hydrogens is 195 g/mol. The second kappa shape index (κ2) is 5.83. The Hall–Kier alpha value is -0.930. The van der Waals surface area contributed by atoms with Gasteiger partial charge in [0.1, 0.15) is 5.82 Å². The highest BCUT2D eigenvalue weighted by Crippen LogP contribution is 2.09. The molecule has 84 valence electrons. The molecule has 0 saturated heterocycles. The first-order valence-corrected chi connectivity index (χ1v) is 5.10. The summed E-state index contributed by atoms with van der Waals surface area (Å²) in [6.45, 7) is 4.27. The highest BCUT2D eigenvalue weighted by atomic mass is 19.1. The van der Waals surface area contributed by atoms with E-state index < -0.39 is 6.10 Å². The van der Waals surface area contributed by atoms with Crippen molar-refractivity contribution in [3.8, 4) is 0 Å². The minimum absolute atomic E-state index is 0.158. The molecule has 0 aliphatic rings. The Morgan fingerprint density at radius 1 is 1.33 bits per heavy atom. The summed E-state index contributed by atoms with van der Waals surface area (Å²) in [5.41, 5.74) is 0.522. The van der Waals surface area contributed by atoms with Gasteiger partial charge >= 0.3 is 0 Å². The zero-order valence-electron chi connectivity index (χ0n) is 9.11. The molecule has 0 spiro atoms. The van der Waals surface area contributed by atoms with E-state index in [2.05, 4.69) is 0 Å². The summed E-state index contributed by atoms with van der Waals surface area (Å²) in [5.74, 6) is -0.109. The minimum atomic E-state index is -0.489. The smallest absolute Gasteiger partial charge is 0.128 e. The van der Waals surface area contributed by atoms with Gasteiger partial charge in [-0.15, -0.1) is 0 Å². The Bertz CT molecular complexity index is 299. The number of rotatable bonds is 5. The van der Waals surface area contributed by atoms with E-state index in [1.54, 1.807) is 18.2 Å². The Kier molecular flexibility index (Phi) is 4.72. The molecule has 0 aliphatic carbocycles. The summed E-state index contributed by atoms with van der Waals surface area (Å²) in [6.07, 6.45) is -0.489. The Labute approximate surface area is 89.7 Å². The quantitative estimate of drug-likeness (QED) is 0.811. The Balaban J connectivity index is 2.35. The van der Waals surface area contributed by atoms with E-state index >= 15 is 0 Å². The van der Waals surface area contributed by atoms with E-state index in [4.69, 9.17) is 4.74 Å². The summed E-state index contributed by atoms with van der Waals surface area (Å²) in [6, 6.07) is 6.48. The maximum absolute atomic E-state index is 13.1. The molecule has 0 aliphatic heterocycles. The lowest BCUT2D eigenvalue weighted by atomic mass is 10.1. The van der Waals surface area contributed by atoms with Crippen molar-refractivity contribution in [1.82, 2.24) is 0 Å². The lowest BCUT2D eigenvalue weighted by Crippen LogP contribution is -2.21. The lowest BCUT2D eigenvalue weighted by Gasteiger charge is -2.14. The fourth-order valence-electron chi connectivity index (χ4n) is 1.10. The van der Waals surface area contributed by atoms with Gasteiger partial charge in [0, 0.05) is 5.56 Å². The van der Waals surface area contributed by atoms with E-state index in [9.17, 15) is 9.50 Å². The number of aliphatic hydroxyl groups is 1. The molecular formula is C12H17FO2. The van der Waals surface area contributed by atoms with Gasteiger partial charge in [0.25, 0.3) is 0 Å². The number of benzene rings is 1. The molecule has 1 aromatic carbocycles. The van der Waals surface area contributed by atoms with Gasteiger partial charge in [-0.3, -0.25) is 0 Å². The average molecular weight is 212 g/mol. The third-order valence-corrected chi connectivity index (χ3v) is 2.27. The van der Waals surface area contributed by atoms with Crippen molar-refractivity contribution in [1.29, 1.82) is 0 Å².